The van der Waals surface area contributed by atoms with Crippen molar-refractivity contribution in [2.24, 2.45) is 11.8 Å². The molecule has 0 heterocycles. The molecule has 1 fully saturated rings. The summed E-state index contributed by atoms with van der Waals surface area (Å²) in [6.07, 6.45) is 5.88. The maximum absolute atomic E-state index is 12.0. The van der Waals surface area contributed by atoms with Crippen molar-refractivity contribution in [2.75, 3.05) is 0 Å². The molecule has 1 aliphatic carbocycles. The van der Waals surface area contributed by atoms with Crippen LogP contribution in [0.25, 0.3) is 0 Å². The van der Waals surface area contributed by atoms with Crippen molar-refractivity contribution in [3.63, 3.8) is 0 Å². The van der Waals surface area contributed by atoms with E-state index in [2.05, 4.69) is 6.92 Å². The lowest BCUT2D eigenvalue weighted by Crippen LogP contribution is -2.12. The van der Waals surface area contributed by atoms with Crippen LogP contribution in [-0.2, 0) is 4.79 Å². The van der Waals surface area contributed by atoms with Gasteiger partial charge in [0.05, 0.1) is 0 Å². The third-order valence-corrected chi connectivity index (χ3v) is 3.08. The van der Waals surface area contributed by atoms with Gasteiger partial charge in [-0.1, -0.05) is 19.8 Å². The minimum Gasteiger partial charge on any atom is -0.508 e. The number of hydrogen-bond donors (Lipinski definition) is 1. The van der Waals surface area contributed by atoms with Gasteiger partial charge in [0.15, 0.2) is 0 Å². The van der Waals surface area contributed by atoms with E-state index >= 15 is 0 Å². The van der Waals surface area contributed by atoms with Gasteiger partial charge < -0.3 is 9.90 Å². The van der Waals surface area contributed by atoms with Gasteiger partial charge in [0.2, 0.25) is 0 Å². The number of benzene rings is 1. The van der Waals surface area contributed by atoms with Gasteiger partial charge >= 0.3 is 0 Å². The zero-order valence-corrected chi connectivity index (χ0v) is 10.1. The molecule has 1 N–H and O–H groups in total. The molecular weight excluding hydrogens is 219 g/mol. The van der Waals surface area contributed by atoms with Gasteiger partial charge in [0.25, 0.3) is 0 Å². The number of rotatable bonds is 1. The van der Waals surface area contributed by atoms with Crippen LogP contribution in [0.15, 0.2) is 24.3 Å². The molecule has 0 aliphatic heterocycles. The fourth-order valence-corrected chi connectivity index (χ4v) is 1.86. The van der Waals surface area contributed by atoms with E-state index in [0.717, 1.165) is 25.0 Å². The molecule has 0 atom stereocenters. The number of carbonyl (C=O) groups excluding carboxylic acids is 1. The molecule has 3 heteroatoms. The molecule has 2 rings (SSSR count). The van der Waals surface area contributed by atoms with Gasteiger partial charge in [-0.05, 0) is 43.0 Å². The molecular formula is C14H19FO2. The lowest BCUT2D eigenvalue weighted by molar-refractivity contribution is -0.112. The maximum atomic E-state index is 12.0. The van der Waals surface area contributed by atoms with E-state index < -0.39 is 0 Å². The second-order valence-corrected chi connectivity index (χ2v) is 4.63. The number of aromatic hydroxyl groups is 1. The van der Waals surface area contributed by atoms with Crippen molar-refractivity contribution >= 4 is 6.29 Å². The highest BCUT2D eigenvalue weighted by Gasteiger charge is 2.16. The van der Waals surface area contributed by atoms with Gasteiger partial charge in [-0.2, -0.15) is 0 Å². The molecule has 0 spiro atoms. The van der Waals surface area contributed by atoms with Gasteiger partial charge in [-0.25, -0.2) is 4.39 Å². The normalized spacial score (nSPS) is 23.4. The lowest BCUT2D eigenvalue weighted by Gasteiger charge is -2.21. The van der Waals surface area contributed by atoms with Gasteiger partial charge in [-0.3, -0.25) is 0 Å². The van der Waals surface area contributed by atoms with Crippen LogP contribution in [0.1, 0.15) is 32.6 Å². The van der Waals surface area contributed by atoms with Crippen molar-refractivity contribution in [1.82, 2.24) is 0 Å². The SMILES string of the molecule is CC1CCC(C=O)CC1.Oc1ccc(F)cc1. The van der Waals surface area contributed by atoms with Crippen LogP contribution in [-0.4, -0.2) is 11.4 Å². The smallest absolute Gasteiger partial charge is 0.123 e. The monoisotopic (exact) mass is 238 g/mol. The van der Waals surface area contributed by atoms with Gasteiger partial charge in [0, 0.05) is 5.92 Å². The van der Waals surface area contributed by atoms with Crippen LogP contribution >= 0.6 is 0 Å². The van der Waals surface area contributed by atoms with E-state index in [4.69, 9.17) is 5.11 Å². The summed E-state index contributed by atoms with van der Waals surface area (Å²) in [6, 6.07) is 5.01. The van der Waals surface area contributed by atoms with E-state index in [-0.39, 0.29) is 11.6 Å². The summed E-state index contributed by atoms with van der Waals surface area (Å²) in [5.41, 5.74) is 0. The van der Waals surface area contributed by atoms with Crippen LogP contribution in [0, 0.1) is 17.7 Å². The van der Waals surface area contributed by atoms with Crippen LogP contribution in [0.4, 0.5) is 4.39 Å². The largest absolute Gasteiger partial charge is 0.508 e. The Bertz CT molecular complexity index is 306. The molecule has 1 aromatic carbocycles. The number of phenols is 1. The Labute approximate surface area is 101 Å². The Morgan fingerprint density at radius 1 is 1.18 bits per heavy atom. The number of halogens is 1. The second-order valence-electron chi connectivity index (χ2n) is 4.63. The minimum absolute atomic E-state index is 0.0893. The highest BCUT2D eigenvalue weighted by Crippen LogP contribution is 2.26. The summed E-state index contributed by atoms with van der Waals surface area (Å²) in [6.45, 7) is 2.26. The molecule has 1 saturated carbocycles. The fourth-order valence-electron chi connectivity index (χ4n) is 1.86. The van der Waals surface area contributed by atoms with Gasteiger partial charge in [0.1, 0.15) is 17.9 Å². The molecule has 0 bridgehead atoms. The molecule has 94 valence electrons. The summed E-state index contributed by atoms with van der Waals surface area (Å²) in [5.74, 6) is 1.01. The van der Waals surface area contributed by atoms with Crippen molar-refractivity contribution in [2.45, 2.75) is 32.6 Å². The predicted molar refractivity (Wildman–Crippen MR) is 65.3 cm³/mol. The third-order valence-electron chi connectivity index (χ3n) is 3.08. The summed E-state index contributed by atoms with van der Waals surface area (Å²) < 4.78 is 12.0. The quantitative estimate of drug-likeness (QED) is 0.760. The molecule has 1 aliphatic rings. The Hall–Kier alpha value is -1.38. The number of carbonyl (C=O) groups is 1. The van der Waals surface area contributed by atoms with E-state index in [1.54, 1.807) is 0 Å². The number of hydrogen-bond acceptors (Lipinski definition) is 2. The summed E-state index contributed by atoms with van der Waals surface area (Å²) in [5, 5.41) is 8.59. The number of phenolic OH excluding ortho intramolecular Hbond substituents is 1. The topological polar surface area (TPSA) is 37.3 Å². The van der Waals surface area contributed by atoms with Crippen LogP contribution in [0.5, 0.6) is 5.75 Å². The Balaban J connectivity index is 0.000000171. The minimum atomic E-state index is -0.331. The molecule has 2 nitrogen and oxygen atoms in total. The van der Waals surface area contributed by atoms with Gasteiger partial charge in [-0.15, -0.1) is 0 Å². The van der Waals surface area contributed by atoms with E-state index in [0.29, 0.717) is 5.92 Å². The first-order valence-corrected chi connectivity index (χ1v) is 6.01. The third kappa shape index (κ3) is 5.48. The van der Waals surface area contributed by atoms with Crippen molar-refractivity contribution in [3.05, 3.63) is 30.1 Å². The Morgan fingerprint density at radius 2 is 1.71 bits per heavy atom. The first kappa shape index (κ1) is 13.7. The van der Waals surface area contributed by atoms with Crippen LogP contribution in [0.2, 0.25) is 0 Å². The molecule has 17 heavy (non-hydrogen) atoms. The molecule has 0 radical (unpaired) electrons. The molecule has 0 amide bonds. The Morgan fingerprint density at radius 3 is 2.12 bits per heavy atom. The summed E-state index contributed by atoms with van der Waals surface area (Å²) in [4.78, 5) is 10.3. The number of aldehydes is 1. The molecule has 0 saturated heterocycles. The van der Waals surface area contributed by atoms with E-state index in [1.165, 1.54) is 37.1 Å². The first-order valence-electron chi connectivity index (χ1n) is 6.01. The second kappa shape index (κ2) is 7.05. The van der Waals surface area contributed by atoms with Crippen LogP contribution < -0.4 is 0 Å². The predicted octanol–water partition coefficient (Wildman–Crippen LogP) is 3.54. The highest BCUT2D eigenvalue weighted by molar-refractivity contribution is 5.53. The summed E-state index contributed by atoms with van der Waals surface area (Å²) in [7, 11) is 0. The van der Waals surface area contributed by atoms with Crippen molar-refractivity contribution < 1.29 is 14.3 Å². The van der Waals surface area contributed by atoms with E-state index in [1.807, 2.05) is 0 Å². The van der Waals surface area contributed by atoms with Crippen molar-refractivity contribution in [3.8, 4) is 5.75 Å². The first-order chi connectivity index (χ1) is 8.11. The molecule has 0 unspecified atom stereocenters. The zero-order valence-electron chi connectivity index (χ0n) is 10.1. The van der Waals surface area contributed by atoms with Crippen LogP contribution in [0.3, 0.4) is 0 Å². The maximum Gasteiger partial charge on any atom is 0.123 e. The van der Waals surface area contributed by atoms with Crippen molar-refractivity contribution in [1.29, 1.82) is 0 Å². The highest BCUT2D eigenvalue weighted by atomic mass is 19.1. The molecule has 0 aromatic heterocycles. The zero-order chi connectivity index (χ0) is 12.7. The van der Waals surface area contributed by atoms with E-state index in [9.17, 15) is 9.18 Å². The molecule has 1 aromatic rings. The average molecular weight is 238 g/mol. The Kier molecular flexibility index (Phi) is 5.67. The standard InChI is InChI=1S/C8H14O.C6H5FO/c1-7-2-4-8(6-9)5-3-7;7-5-1-3-6(8)4-2-5/h6-8H,2-5H2,1H3;1-4,8H. The average Bonchev–Trinajstić information content (AvgIpc) is 2.35. The summed E-state index contributed by atoms with van der Waals surface area (Å²) >= 11 is 0. The lowest BCUT2D eigenvalue weighted by atomic mass is 9.84. The fraction of sp³-hybridized carbons (Fsp3) is 0.500.